The van der Waals surface area contributed by atoms with Gasteiger partial charge in [0.2, 0.25) is 0 Å². The van der Waals surface area contributed by atoms with Crippen molar-refractivity contribution in [3.05, 3.63) is 0 Å². The minimum atomic E-state index is -3.72. The van der Waals surface area contributed by atoms with E-state index in [1.807, 2.05) is 13.8 Å². The number of hydrogen-bond donors (Lipinski definition) is 1. The maximum absolute atomic E-state index is 10.1. The third-order valence-corrected chi connectivity index (χ3v) is 1.70. The van der Waals surface area contributed by atoms with Gasteiger partial charge in [-0.3, -0.25) is 4.55 Å². The molecule has 0 aliphatic heterocycles. The zero-order valence-corrected chi connectivity index (χ0v) is 7.48. The van der Waals surface area contributed by atoms with Gasteiger partial charge in [0.1, 0.15) is 0 Å². The van der Waals surface area contributed by atoms with E-state index in [9.17, 15) is 8.42 Å². The fourth-order valence-corrected chi connectivity index (χ4v) is 1.15. The van der Waals surface area contributed by atoms with Gasteiger partial charge in [0, 0.05) is 0 Å². The molecule has 0 bridgehead atoms. The first-order valence-electron chi connectivity index (χ1n) is 2.87. The summed E-state index contributed by atoms with van der Waals surface area (Å²) < 4.78 is 28.4. The third kappa shape index (κ3) is 11.3. The Morgan fingerprint density at radius 3 is 2.00 bits per heavy atom. The van der Waals surface area contributed by atoms with Crippen molar-refractivity contribution in [2.45, 2.75) is 20.3 Å². The zero-order valence-electron chi connectivity index (χ0n) is 7.66. The second-order valence-electron chi connectivity index (χ2n) is 2.47. The van der Waals surface area contributed by atoms with Crippen LogP contribution in [0.5, 0.6) is 0 Å². The summed E-state index contributed by atoms with van der Waals surface area (Å²) in [5, 5.41) is 0. The Morgan fingerprint density at radius 1 is 1.50 bits per heavy atom. The average Bonchev–Trinajstić information content (AvgIpc) is 1.59. The minimum Gasteiger partial charge on any atom is -1.00 e. The summed E-state index contributed by atoms with van der Waals surface area (Å²) in [6.45, 7) is 3.82. The molecule has 0 heterocycles. The molecule has 0 spiro atoms. The van der Waals surface area contributed by atoms with Gasteiger partial charge in [0.15, 0.2) is 0 Å². The topological polar surface area (TPSA) is 54.4 Å². The monoisotopic (exact) mass is 160 g/mol. The smallest absolute Gasteiger partial charge is 1.00 e. The van der Waals surface area contributed by atoms with E-state index >= 15 is 0 Å². The van der Waals surface area contributed by atoms with Crippen molar-refractivity contribution in [1.29, 1.82) is 0 Å². The molecule has 0 saturated carbocycles. The van der Waals surface area contributed by atoms with Crippen LogP contribution in [0.2, 0.25) is 0 Å². The molecule has 0 aromatic rings. The van der Waals surface area contributed by atoms with E-state index in [4.69, 9.17) is 4.55 Å². The van der Waals surface area contributed by atoms with Gasteiger partial charge >= 0.3 is 18.9 Å². The molecule has 5 heteroatoms. The van der Waals surface area contributed by atoms with E-state index in [0.29, 0.717) is 12.3 Å². The Labute approximate surface area is 75.6 Å². The summed E-state index contributed by atoms with van der Waals surface area (Å²) in [5.41, 5.74) is 0. The summed E-state index contributed by atoms with van der Waals surface area (Å²) in [5.74, 6) is 0.205. The summed E-state index contributed by atoms with van der Waals surface area (Å²) >= 11 is 0. The van der Waals surface area contributed by atoms with Gasteiger partial charge < -0.3 is 1.43 Å². The summed E-state index contributed by atoms with van der Waals surface area (Å²) in [4.78, 5) is 0. The van der Waals surface area contributed by atoms with Crippen molar-refractivity contribution in [2.24, 2.45) is 5.92 Å². The van der Waals surface area contributed by atoms with E-state index < -0.39 is 10.1 Å². The molecule has 0 aliphatic carbocycles. The van der Waals surface area contributed by atoms with Gasteiger partial charge in [-0.1, -0.05) is 13.8 Å². The van der Waals surface area contributed by atoms with Crippen molar-refractivity contribution in [1.82, 2.24) is 0 Å². The fraction of sp³-hybridized carbons (Fsp3) is 1.00. The number of hydrogen-bond acceptors (Lipinski definition) is 2. The van der Waals surface area contributed by atoms with E-state index in [0.717, 1.165) is 0 Å². The maximum atomic E-state index is 10.1. The van der Waals surface area contributed by atoms with Crippen molar-refractivity contribution < 1.29 is 33.3 Å². The van der Waals surface area contributed by atoms with Crippen LogP contribution >= 0.6 is 0 Å². The molecule has 0 aromatic heterocycles. The second kappa shape index (κ2) is 5.20. The Hall–Kier alpha value is 0.507. The van der Waals surface area contributed by atoms with Crippen molar-refractivity contribution in [2.75, 3.05) is 5.75 Å². The predicted molar refractivity (Wildman–Crippen MR) is 37.0 cm³/mol. The molecule has 0 rings (SSSR count). The molecule has 0 amide bonds. The largest absolute Gasteiger partial charge is 1.00 e. The summed E-state index contributed by atoms with van der Waals surface area (Å²) in [6.07, 6.45) is 0.527. The molecule has 0 fully saturated rings. The van der Waals surface area contributed by atoms with Gasteiger partial charge in [-0.2, -0.15) is 8.42 Å². The molecule has 0 radical (unpaired) electrons. The Morgan fingerprint density at radius 2 is 1.90 bits per heavy atom. The van der Waals surface area contributed by atoms with Crippen molar-refractivity contribution >= 4 is 10.1 Å². The van der Waals surface area contributed by atoms with Crippen LogP contribution in [0.15, 0.2) is 0 Å². The zero-order chi connectivity index (χ0) is 7.49. The van der Waals surface area contributed by atoms with E-state index in [-0.39, 0.29) is 26.0 Å². The molecule has 58 valence electrons. The van der Waals surface area contributed by atoms with Gasteiger partial charge in [-0.25, -0.2) is 0 Å². The van der Waals surface area contributed by atoms with Gasteiger partial charge in [-0.05, 0) is 12.3 Å². The fourth-order valence-electron chi connectivity index (χ4n) is 0.385. The van der Waals surface area contributed by atoms with E-state index in [2.05, 4.69) is 0 Å². The van der Waals surface area contributed by atoms with E-state index in [1.165, 1.54) is 0 Å². The number of rotatable bonds is 3. The third-order valence-electron chi connectivity index (χ3n) is 0.953. The molecule has 10 heavy (non-hydrogen) atoms. The van der Waals surface area contributed by atoms with Crippen LogP contribution in [0.3, 0.4) is 0 Å². The first-order valence-corrected chi connectivity index (χ1v) is 4.48. The van der Waals surface area contributed by atoms with Gasteiger partial charge in [0.05, 0.1) is 5.75 Å². The van der Waals surface area contributed by atoms with Crippen molar-refractivity contribution in [3.63, 3.8) is 0 Å². The van der Waals surface area contributed by atoms with Crippen LogP contribution in [-0.4, -0.2) is 18.7 Å². The molecule has 0 saturated heterocycles. The molecule has 3 nitrogen and oxygen atoms in total. The second-order valence-corrected chi connectivity index (χ2v) is 4.04. The SMILES string of the molecule is CC(C)CCS(=O)(=O)O.[H-].[Li+]. The van der Waals surface area contributed by atoms with Crippen LogP contribution in [0.1, 0.15) is 21.7 Å². The summed E-state index contributed by atoms with van der Waals surface area (Å²) in [7, 11) is -3.72. The molecular formula is C5H13LiO3S. The van der Waals surface area contributed by atoms with Gasteiger partial charge in [-0.15, -0.1) is 0 Å². The normalized spacial score (nSPS) is 11.2. The van der Waals surface area contributed by atoms with Crippen LogP contribution in [0.4, 0.5) is 0 Å². The first-order chi connectivity index (χ1) is 3.92. The van der Waals surface area contributed by atoms with Crippen LogP contribution in [-0.2, 0) is 10.1 Å². The average molecular weight is 160 g/mol. The van der Waals surface area contributed by atoms with Gasteiger partial charge in [0.25, 0.3) is 10.1 Å². The first kappa shape index (κ1) is 13.1. The molecule has 1 N–H and O–H groups in total. The van der Waals surface area contributed by atoms with Crippen LogP contribution in [0, 0.1) is 5.92 Å². The molecular weight excluding hydrogens is 147 g/mol. The van der Waals surface area contributed by atoms with Crippen molar-refractivity contribution in [3.8, 4) is 0 Å². The molecule has 0 aliphatic rings. The summed E-state index contributed by atoms with van der Waals surface area (Å²) in [6, 6.07) is 0. The van der Waals surface area contributed by atoms with E-state index in [1.54, 1.807) is 0 Å². The Balaban J connectivity index is -0.000000320. The Bertz CT molecular complexity index is 167. The molecule has 0 aromatic carbocycles. The minimum absolute atomic E-state index is 0. The quantitative estimate of drug-likeness (QED) is 0.385. The molecule has 0 atom stereocenters. The Kier molecular flexibility index (Phi) is 6.82. The standard InChI is InChI=1S/C5H12O3S.Li.H/c1-5(2)3-4-9(6,7)8;;/h5H,3-4H2,1-2H3,(H,6,7,8);;/q;+1;-1. The maximum Gasteiger partial charge on any atom is 1.00 e. The van der Waals surface area contributed by atoms with Crippen LogP contribution in [0.25, 0.3) is 0 Å². The predicted octanol–water partition coefficient (Wildman–Crippen LogP) is -1.96. The van der Waals surface area contributed by atoms with Crippen LogP contribution < -0.4 is 18.9 Å². The molecule has 0 unspecified atom stereocenters.